The van der Waals surface area contributed by atoms with E-state index in [0.717, 1.165) is 5.39 Å². The molecule has 0 amide bonds. The van der Waals surface area contributed by atoms with Crippen LogP contribution in [-0.2, 0) is 0 Å². The number of anilines is 1. The molecule has 0 saturated heterocycles. The molecule has 3 aromatic rings. The molecule has 7 nitrogen and oxygen atoms in total. The molecule has 0 atom stereocenters. The predicted octanol–water partition coefficient (Wildman–Crippen LogP) is 0.852. The molecule has 0 aromatic carbocycles. The first-order valence-corrected chi connectivity index (χ1v) is 5.04. The van der Waals surface area contributed by atoms with Crippen molar-refractivity contribution in [2.75, 3.05) is 12.4 Å². The monoisotopic (exact) mass is 227 g/mol. The molecule has 0 bridgehead atoms. The van der Waals surface area contributed by atoms with Crippen molar-refractivity contribution in [1.82, 2.24) is 30.1 Å². The summed E-state index contributed by atoms with van der Waals surface area (Å²) in [6.07, 6.45) is 6.59. The van der Waals surface area contributed by atoms with Gasteiger partial charge in [-0.1, -0.05) is 0 Å². The summed E-state index contributed by atoms with van der Waals surface area (Å²) in [7, 11) is 1.76. The molecule has 3 aromatic heterocycles. The van der Waals surface area contributed by atoms with Crippen LogP contribution in [0.5, 0.6) is 0 Å². The lowest BCUT2D eigenvalue weighted by atomic mass is 10.2. The summed E-state index contributed by atoms with van der Waals surface area (Å²) in [5.74, 6) is 0.516. The molecule has 0 aliphatic rings. The summed E-state index contributed by atoms with van der Waals surface area (Å²) in [4.78, 5) is 16.9. The van der Waals surface area contributed by atoms with Gasteiger partial charge in [-0.2, -0.15) is 10.1 Å². The average Bonchev–Trinajstić information content (AvgIpc) is 2.86. The van der Waals surface area contributed by atoms with Gasteiger partial charge >= 0.3 is 0 Å². The Morgan fingerprint density at radius 3 is 2.88 bits per heavy atom. The molecule has 0 radical (unpaired) electrons. The summed E-state index contributed by atoms with van der Waals surface area (Å²) >= 11 is 0. The number of nitrogens with one attached hydrogen (secondary N) is 2. The lowest BCUT2D eigenvalue weighted by Gasteiger charge is -2.03. The Kier molecular flexibility index (Phi) is 2.14. The van der Waals surface area contributed by atoms with Crippen LogP contribution >= 0.6 is 0 Å². The molecule has 2 N–H and O–H groups in total. The fourth-order valence-electron chi connectivity index (χ4n) is 1.56. The Balaban J connectivity index is 2.30. The van der Waals surface area contributed by atoms with Gasteiger partial charge < -0.3 is 5.32 Å². The maximum atomic E-state index is 4.38. The van der Waals surface area contributed by atoms with Gasteiger partial charge in [0.05, 0.1) is 17.8 Å². The third-order valence-electron chi connectivity index (χ3n) is 2.34. The fraction of sp³-hybridized carbons (Fsp3) is 0.100. The summed E-state index contributed by atoms with van der Waals surface area (Å²) in [6, 6.07) is 0. The highest BCUT2D eigenvalue weighted by Gasteiger charge is 2.11. The first-order valence-electron chi connectivity index (χ1n) is 5.04. The van der Waals surface area contributed by atoms with Gasteiger partial charge in [0.2, 0.25) is 5.95 Å². The van der Waals surface area contributed by atoms with E-state index in [0.29, 0.717) is 23.0 Å². The van der Waals surface area contributed by atoms with E-state index in [9.17, 15) is 0 Å². The van der Waals surface area contributed by atoms with Crippen molar-refractivity contribution in [3.8, 4) is 11.4 Å². The Hall–Kier alpha value is -2.57. The molecule has 0 fully saturated rings. The zero-order chi connectivity index (χ0) is 11.7. The van der Waals surface area contributed by atoms with Crippen LogP contribution < -0.4 is 5.32 Å². The van der Waals surface area contributed by atoms with E-state index in [1.54, 1.807) is 31.8 Å². The molecule has 17 heavy (non-hydrogen) atoms. The number of aromatic amines is 1. The standard InChI is InChI=1S/C10H9N7/c1-11-10-15-8(7-5-12-2-3-13-7)6-4-14-17-9(6)16-10/h2-5H,1H3,(H2,11,14,15,16,17). The number of nitrogens with zero attached hydrogens (tertiary/aromatic N) is 5. The second-order valence-electron chi connectivity index (χ2n) is 3.37. The third-order valence-corrected chi connectivity index (χ3v) is 2.34. The van der Waals surface area contributed by atoms with Gasteiger partial charge in [-0.3, -0.25) is 15.1 Å². The van der Waals surface area contributed by atoms with Gasteiger partial charge in [0.25, 0.3) is 0 Å². The maximum Gasteiger partial charge on any atom is 0.225 e. The van der Waals surface area contributed by atoms with E-state index in [-0.39, 0.29) is 0 Å². The number of hydrogen-bond acceptors (Lipinski definition) is 6. The molecule has 0 aliphatic heterocycles. The second kappa shape index (κ2) is 3.78. The minimum Gasteiger partial charge on any atom is -0.357 e. The van der Waals surface area contributed by atoms with Crippen molar-refractivity contribution in [2.45, 2.75) is 0 Å². The van der Waals surface area contributed by atoms with Crippen LogP contribution in [0.15, 0.2) is 24.8 Å². The molecule has 0 unspecified atom stereocenters. The van der Waals surface area contributed by atoms with Crippen LogP contribution in [0.3, 0.4) is 0 Å². The van der Waals surface area contributed by atoms with Gasteiger partial charge in [0, 0.05) is 19.4 Å². The zero-order valence-electron chi connectivity index (χ0n) is 9.05. The number of aromatic nitrogens is 6. The summed E-state index contributed by atoms with van der Waals surface area (Å²) < 4.78 is 0. The lowest BCUT2D eigenvalue weighted by Crippen LogP contribution is -1.99. The van der Waals surface area contributed by atoms with Crippen molar-refractivity contribution >= 4 is 17.0 Å². The van der Waals surface area contributed by atoms with Gasteiger partial charge in [-0.15, -0.1) is 0 Å². The quantitative estimate of drug-likeness (QED) is 0.674. The van der Waals surface area contributed by atoms with E-state index in [4.69, 9.17) is 0 Å². The van der Waals surface area contributed by atoms with Gasteiger partial charge in [-0.05, 0) is 0 Å². The van der Waals surface area contributed by atoms with E-state index in [1.807, 2.05) is 0 Å². The highest BCUT2D eigenvalue weighted by Crippen LogP contribution is 2.23. The zero-order valence-corrected chi connectivity index (χ0v) is 9.05. The largest absolute Gasteiger partial charge is 0.357 e. The van der Waals surface area contributed by atoms with Crippen LogP contribution in [0.25, 0.3) is 22.4 Å². The Labute approximate surface area is 96.4 Å². The minimum absolute atomic E-state index is 0.516. The number of H-pyrrole nitrogens is 1. The van der Waals surface area contributed by atoms with Crippen LogP contribution in [-0.4, -0.2) is 37.2 Å². The Bertz CT molecular complexity index is 646. The molecule has 84 valence electrons. The lowest BCUT2D eigenvalue weighted by molar-refractivity contribution is 1.09. The highest BCUT2D eigenvalue weighted by molar-refractivity contribution is 5.89. The normalized spacial score (nSPS) is 10.6. The number of rotatable bonds is 2. The van der Waals surface area contributed by atoms with Gasteiger partial charge in [0.15, 0.2) is 5.65 Å². The SMILES string of the molecule is CNc1nc(-c2cnccn2)c2cn[nH]c2n1. The summed E-state index contributed by atoms with van der Waals surface area (Å²) in [5, 5.41) is 10.5. The fourth-order valence-corrected chi connectivity index (χ4v) is 1.56. The maximum absolute atomic E-state index is 4.38. The molecule has 0 spiro atoms. The minimum atomic E-state index is 0.516. The van der Waals surface area contributed by atoms with Crippen LogP contribution in [0.2, 0.25) is 0 Å². The van der Waals surface area contributed by atoms with Gasteiger partial charge in [0.1, 0.15) is 11.4 Å². The average molecular weight is 227 g/mol. The Morgan fingerprint density at radius 1 is 1.18 bits per heavy atom. The summed E-state index contributed by atoms with van der Waals surface area (Å²) in [5.41, 5.74) is 2.07. The molecule has 3 heterocycles. The molecule has 0 saturated carbocycles. The van der Waals surface area contributed by atoms with Crippen LogP contribution in [0.1, 0.15) is 0 Å². The topological polar surface area (TPSA) is 92.3 Å². The smallest absolute Gasteiger partial charge is 0.225 e. The van der Waals surface area contributed by atoms with Crippen molar-refractivity contribution < 1.29 is 0 Å². The first kappa shape index (κ1) is 9.64. The van der Waals surface area contributed by atoms with E-state index in [2.05, 4.69) is 35.5 Å². The van der Waals surface area contributed by atoms with Crippen LogP contribution in [0, 0.1) is 0 Å². The molecule has 7 heteroatoms. The van der Waals surface area contributed by atoms with E-state index < -0.39 is 0 Å². The van der Waals surface area contributed by atoms with Gasteiger partial charge in [-0.25, -0.2) is 4.98 Å². The highest BCUT2D eigenvalue weighted by atomic mass is 15.2. The molecule has 3 rings (SSSR count). The number of fused-ring (bicyclic) bond motifs is 1. The molecule has 0 aliphatic carbocycles. The molecular formula is C10H9N7. The van der Waals surface area contributed by atoms with Crippen molar-refractivity contribution in [1.29, 1.82) is 0 Å². The van der Waals surface area contributed by atoms with Crippen LogP contribution in [0.4, 0.5) is 5.95 Å². The van der Waals surface area contributed by atoms with Crippen molar-refractivity contribution in [3.05, 3.63) is 24.8 Å². The van der Waals surface area contributed by atoms with Crippen molar-refractivity contribution in [3.63, 3.8) is 0 Å². The van der Waals surface area contributed by atoms with Crippen molar-refractivity contribution in [2.24, 2.45) is 0 Å². The van der Waals surface area contributed by atoms with E-state index in [1.165, 1.54) is 0 Å². The first-order chi connectivity index (χ1) is 8.38. The summed E-state index contributed by atoms with van der Waals surface area (Å²) in [6.45, 7) is 0. The van der Waals surface area contributed by atoms with E-state index >= 15 is 0 Å². The number of hydrogen-bond donors (Lipinski definition) is 2. The Morgan fingerprint density at radius 2 is 2.12 bits per heavy atom. The predicted molar refractivity (Wildman–Crippen MR) is 62.3 cm³/mol. The second-order valence-corrected chi connectivity index (χ2v) is 3.37. The third kappa shape index (κ3) is 1.57. The molecular weight excluding hydrogens is 218 g/mol.